The van der Waals surface area contributed by atoms with Crippen molar-refractivity contribution in [3.8, 4) is 11.5 Å². The second kappa shape index (κ2) is 8.12. The first-order valence-electron chi connectivity index (χ1n) is 7.57. The van der Waals surface area contributed by atoms with Gasteiger partial charge >= 0.3 is 6.01 Å². The van der Waals surface area contributed by atoms with Gasteiger partial charge in [0, 0.05) is 6.08 Å². The lowest BCUT2D eigenvalue weighted by molar-refractivity contribution is 0.284. The van der Waals surface area contributed by atoms with Crippen molar-refractivity contribution < 1.29 is 13.9 Å². The van der Waals surface area contributed by atoms with Gasteiger partial charge in [0.25, 0.3) is 0 Å². The third-order valence-electron chi connectivity index (χ3n) is 3.44. The minimum Gasteiger partial charge on any atom is -0.493 e. The first-order chi connectivity index (χ1) is 12.5. The number of nitrogens with two attached hydrogens (primary N) is 1. The van der Waals surface area contributed by atoms with Gasteiger partial charge in [0.15, 0.2) is 11.5 Å². The van der Waals surface area contributed by atoms with Crippen LogP contribution in [0.3, 0.4) is 0 Å². The normalized spacial score (nSPS) is 11.0. The fourth-order valence-corrected chi connectivity index (χ4v) is 2.50. The summed E-state index contributed by atoms with van der Waals surface area (Å²) < 4.78 is 16.3. The van der Waals surface area contributed by atoms with E-state index in [4.69, 9.17) is 42.8 Å². The van der Waals surface area contributed by atoms with Crippen LogP contribution in [0.15, 0.2) is 40.8 Å². The lowest BCUT2D eigenvalue weighted by atomic mass is 10.2. The highest BCUT2D eigenvalue weighted by atomic mass is 35.5. The molecule has 26 heavy (non-hydrogen) atoms. The van der Waals surface area contributed by atoms with Gasteiger partial charge in [0.1, 0.15) is 6.61 Å². The monoisotopic (exact) mass is 391 g/mol. The van der Waals surface area contributed by atoms with Crippen molar-refractivity contribution >= 4 is 41.4 Å². The van der Waals surface area contributed by atoms with E-state index in [1.54, 1.807) is 31.4 Å². The molecule has 134 valence electrons. The number of rotatable bonds is 6. The summed E-state index contributed by atoms with van der Waals surface area (Å²) >= 11 is 11.9. The largest absolute Gasteiger partial charge is 0.493 e. The lowest BCUT2D eigenvalue weighted by Gasteiger charge is -2.12. The van der Waals surface area contributed by atoms with Crippen molar-refractivity contribution in [2.45, 2.75) is 6.61 Å². The number of benzene rings is 2. The van der Waals surface area contributed by atoms with E-state index >= 15 is 0 Å². The molecule has 0 fully saturated rings. The third-order valence-corrected chi connectivity index (χ3v) is 4.18. The fraction of sp³-hybridized carbons (Fsp3) is 0.111. The zero-order valence-electron chi connectivity index (χ0n) is 13.8. The van der Waals surface area contributed by atoms with Gasteiger partial charge in [-0.3, -0.25) is 0 Å². The third kappa shape index (κ3) is 4.47. The highest BCUT2D eigenvalue weighted by Gasteiger charge is 2.07. The molecule has 8 heteroatoms. The van der Waals surface area contributed by atoms with Crippen LogP contribution >= 0.6 is 23.2 Å². The summed E-state index contributed by atoms with van der Waals surface area (Å²) in [6, 6.07) is 10.9. The Morgan fingerprint density at radius 1 is 1.04 bits per heavy atom. The molecule has 3 aromatic rings. The smallest absolute Gasteiger partial charge is 0.313 e. The van der Waals surface area contributed by atoms with Gasteiger partial charge in [0.2, 0.25) is 5.89 Å². The molecule has 0 aliphatic heterocycles. The maximum atomic E-state index is 6.02. The number of aromatic nitrogens is 2. The van der Waals surface area contributed by atoms with E-state index in [0.29, 0.717) is 34.0 Å². The van der Waals surface area contributed by atoms with Gasteiger partial charge in [-0.1, -0.05) is 40.4 Å². The molecule has 0 unspecified atom stereocenters. The number of hydrogen-bond acceptors (Lipinski definition) is 6. The molecule has 0 aliphatic rings. The van der Waals surface area contributed by atoms with Gasteiger partial charge in [0.05, 0.1) is 17.2 Å². The average molecular weight is 392 g/mol. The number of nitrogen functional groups attached to an aromatic ring is 1. The molecule has 0 aliphatic carbocycles. The van der Waals surface area contributed by atoms with E-state index < -0.39 is 0 Å². The quantitative estimate of drug-likeness (QED) is 0.654. The molecule has 3 rings (SSSR count). The van der Waals surface area contributed by atoms with Gasteiger partial charge < -0.3 is 19.6 Å². The highest BCUT2D eigenvalue weighted by molar-refractivity contribution is 6.42. The second-order valence-corrected chi connectivity index (χ2v) is 6.07. The Bertz CT molecular complexity index is 941. The highest BCUT2D eigenvalue weighted by Crippen LogP contribution is 2.30. The zero-order chi connectivity index (χ0) is 18.5. The van der Waals surface area contributed by atoms with Crippen LogP contribution in [0.2, 0.25) is 10.0 Å². The molecular formula is C18H15Cl2N3O3. The Kier molecular flexibility index (Phi) is 5.65. The van der Waals surface area contributed by atoms with Gasteiger partial charge in [-0.25, -0.2) is 0 Å². The lowest BCUT2D eigenvalue weighted by Crippen LogP contribution is -1.98. The predicted molar refractivity (Wildman–Crippen MR) is 101 cm³/mol. The maximum absolute atomic E-state index is 6.02. The van der Waals surface area contributed by atoms with Crippen molar-refractivity contribution in [2.75, 3.05) is 12.8 Å². The first kappa shape index (κ1) is 18.1. The standard InChI is InChI=1S/C18H15Cl2N3O3/c1-24-16-9-11(4-7-17-22-23-18(21)26-17)3-6-15(16)25-10-12-2-5-13(19)14(20)8-12/h2-9H,10H2,1H3,(H2,21,23)/b7-4+. The molecule has 0 bridgehead atoms. The Hall–Kier alpha value is -2.70. The van der Waals surface area contributed by atoms with E-state index in [2.05, 4.69) is 10.2 Å². The van der Waals surface area contributed by atoms with Crippen LogP contribution in [0.25, 0.3) is 12.2 Å². The number of halogens is 2. The van der Waals surface area contributed by atoms with Crippen LogP contribution in [0.1, 0.15) is 17.0 Å². The molecule has 6 nitrogen and oxygen atoms in total. The van der Waals surface area contributed by atoms with Crippen molar-refractivity contribution in [3.05, 3.63) is 63.5 Å². The number of hydrogen-bond donors (Lipinski definition) is 1. The predicted octanol–water partition coefficient (Wildman–Crippen LogP) is 4.72. The van der Waals surface area contributed by atoms with Crippen LogP contribution in [0.4, 0.5) is 6.01 Å². The summed E-state index contributed by atoms with van der Waals surface area (Å²) in [7, 11) is 1.58. The first-order valence-corrected chi connectivity index (χ1v) is 8.32. The molecule has 2 N–H and O–H groups in total. The topological polar surface area (TPSA) is 83.4 Å². The Morgan fingerprint density at radius 2 is 1.88 bits per heavy atom. The summed E-state index contributed by atoms with van der Waals surface area (Å²) in [5, 5.41) is 8.35. The van der Waals surface area contributed by atoms with Gasteiger partial charge in [-0.15, -0.1) is 5.10 Å². The van der Waals surface area contributed by atoms with Gasteiger partial charge in [-0.2, -0.15) is 0 Å². The molecule has 1 aromatic heterocycles. The van der Waals surface area contributed by atoms with E-state index in [9.17, 15) is 0 Å². The van der Waals surface area contributed by atoms with Crippen molar-refractivity contribution in [3.63, 3.8) is 0 Å². The minimum atomic E-state index is 0.0216. The summed E-state index contributed by atoms with van der Waals surface area (Å²) in [5.41, 5.74) is 7.16. The zero-order valence-corrected chi connectivity index (χ0v) is 15.3. The summed E-state index contributed by atoms with van der Waals surface area (Å²) in [4.78, 5) is 0. The van der Waals surface area contributed by atoms with Gasteiger partial charge in [-0.05, 0) is 41.5 Å². The average Bonchev–Trinajstić information content (AvgIpc) is 3.06. The summed E-state index contributed by atoms with van der Waals surface area (Å²) in [6.07, 6.45) is 3.46. The van der Waals surface area contributed by atoms with Crippen LogP contribution in [-0.2, 0) is 6.61 Å². The molecule has 0 saturated carbocycles. The van der Waals surface area contributed by atoms with Crippen LogP contribution in [-0.4, -0.2) is 17.3 Å². The summed E-state index contributed by atoms with van der Waals surface area (Å²) in [6.45, 7) is 0.337. The molecule has 0 saturated heterocycles. The Balaban J connectivity index is 1.71. The molecule has 0 spiro atoms. The van der Waals surface area contributed by atoms with E-state index in [0.717, 1.165) is 11.1 Å². The van der Waals surface area contributed by atoms with Crippen molar-refractivity contribution in [1.82, 2.24) is 10.2 Å². The van der Waals surface area contributed by atoms with Crippen molar-refractivity contribution in [1.29, 1.82) is 0 Å². The Morgan fingerprint density at radius 3 is 2.58 bits per heavy atom. The van der Waals surface area contributed by atoms with Crippen molar-refractivity contribution in [2.24, 2.45) is 0 Å². The van der Waals surface area contributed by atoms with E-state index in [1.165, 1.54) is 0 Å². The molecule has 0 radical (unpaired) electrons. The van der Waals surface area contributed by atoms with E-state index in [1.807, 2.05) is 24.3 Å². The van der Waals surface area contributed by atoms with E-state index in [-0.39, 0.29) is 6.01 Å². The number of methoxy groups -OCH3 is 1. The Labute approximate surface area is 160 Å². The second-order valence-electron chi connectivity index (χ2n) is 5.26. The van der Waals surface area contributed by atoms with Crippen LogP contribution in [0, 0.1) is 0 Å². The number of nitrogens with zero attached hydrogens (tertiary/aromatic N) is 2. The minimum absolute atomic E-state index is 0.0216. The molecule has 0 atom stereocenters. The number of anilines is 1. The molecular weight excluding hydrogens is 377 g/mol. The molecule has 0 amide bonds. The number of ether oxygens (including phenoxy) is 2. The van der Waals surface area contributed by atoms with Crippen LogP contribution in [0.5, 0.6) is 11.5 Å². The molecule has 2 aromatic carbocycles. The molecule has 1 heterocycles. The fourth-order valence-electron chi connectivity index (χ4n) is 2.18. The summed E-state index contributed by atoms with van der Waals surface area (Å²) in [5.74, 6) is 1.52. The van der Waals surface area contributed by atoms with Crippen LogP contribution < -0.4 is 15.2 Å². The SMILES string of the molecule is COc1cc(/C=C/c2nnc(N)o2)ccc1OCc1ccc(Cl)c(Cl)c1. The maximum Gasteiger partial charge on any atom is 0.313 e.